The number of benzene rings is 16. The van der Waals surface area contributed by atoms with Gasteiger partial charge < -0.3 is 9.13 Å². The van der Waals surface area contributed by atoms with Gasteiger partial charge >= 0.3 is 0 Å². The summed E-state index contributed by atoms with van der Waals surface area (Å²) in [5, 5.41) is 10.1. The van der Waals surface area contributed by atoms with Crippen molar-refractivity contribution in [1.82, 2.24) is 39.0 Å². The standard InChI is InChI=1S/2C51H32N4S/c1-4-14-33(15-5-1)39-21-12-23-42-43-24-13-22-40(48(43)56-47(39)42)37-28-31-46-44(32-37)41-20-10-11-25-45(41)55(46)38-29-26-36(27-30-38)51-53-49(34-16-6-2-7-17-34)52-50(54-51)35-18-8-3-9-19-35;1-4-13-33(14-5-1)37-25-29-45-43(31-37)44-32-38(40-20-12-21-42-41-19-10-11-22-47(41)56-48(40)42)26-30-46(44)55(45)39-27-23-36(24-28-39)51-53-49(34-15-6-2-7-16-34)52-50(54-51)35-17-8-3-9-18-35/h2*1-32H. The molecule has 6 heterocycles. The Labute approximate surface area is 653 Å². The molecule has 0 atom stereocenters. The third-order valence-electron chi connectivity index (χ3n) is 21.3. The molecule has 524 valence electrons. The number of thiophene rings is 2. The maximum Gasteiger partial charge on any atom is 0.164 e. The van der Waals surface area contributed by atoms with Gasteiger partial charge in [0.25, 0.3) is 0 Å². The van der Waals surface area contributed by atoms with E-state index in [1.165, 1.54) is 106 Å². The second kappa shape index (κ2) is 28.0. The highest BCUT2D eigenvalue weighted by Crippen LogP contribution is 2.47. The smallest absolute Gasteiger partial charge is 0.164 e. The Morgan fingerprint density at radius 1 is 0.170 bits per heavy atom. The zero-order valence-electron chi connectivity index (χ0n) is 60.3. The van der Waals surface area contributed by atoms with Gasteiger partial charge in [-0.25, -0.2) is 29.9 Å². The number of hydrogen-bond acceptors (Lipinski definition) is 8. The van der Waals surface area contributed by atoms with Crippen molar-refractivity contribution in [3.63, 3.8) is 0 Å². The highest BCUT2D eigenvalue weighted by Gasteiger charge is 2.22. The minimum atomic E-state index is 0.638. The molecule has 16 aromatic carbocycles. The van der Waals surface area contributed by atoms with Gasteiger partial charge in [-0.3, -0.25) is 0 Å². The SMILES string of the molecule is c1ccc(-c2ccc3c(c2)c2cc(-c4cccc5c4sc4ccccc45)ccc2n3-c2ccc(-c3nc(-c4ccccc4)nc(-c4ccccc4)n3)cc2)cc1.c1ccc(-c2nc(-c3ccccc3)nc(-c3ccc(-n4c5ccccc5c5cc(-c6cccc7c6sc6c(-c8ccccc8)cccc67)ccc54)cc3)n2)cc1. The molecule has 0 saturated heterocycles. The Morgan fingerprint density at radius 3 is 0.866 bits per heavy atom. The molecular formula is C102H64N8S2. The zero-order valence-corrected chi connectivity index (χ0v) is 62.0. The van der Waals surface area contributed by atoms with Crippen molar-refractivity contribution in [2.45, 2.75) is 0 Å². The lowest BCUT2D eigenvalue weighted by Crippen LogP contribution is -2.00. The fraction of sp³-hybridized carbons (Fsp3) is 0. The maximum absolute atomic E-state index is 4.98. The summed E-state index contributed by atoms with van der Waals surface area (Å²) in [6.45, 7) is 0. The van der Waals surface area contributed by atoms with E-state index in [2.05, 4.69) is 276 Å². The van der Waals surface area contributed by atoms with Gasteiger partial charge in [0.1, 0.15) is 0 Å². The second-order valence-electron chi connectivity index (χ2n) is 28.0. The van der Waals surface area contributed by atoms with Gasteiger partial charge in [0.15, 0.2) is 34.9 Å². The number of hydrogen-bond donors (Lipinski definition) is 0. The van der Waals surface area contributed by atoms with Crippen LogP contribution in [0.3, 0.4) is 0 Å². The van der Waals surface area contributed by atoms with E-state index in [4.69, 9.17) is 29.9 Å². The number of para-hydroxylation sites is 1. The van der Waals surface area contributed by atoms with Crippen LogP contribution in [0.4, 0.5) is 0 Å². The molecule has 112 heavy (non-hydrogen) atoms. The predicted octanol–water partition coefficient (Wildman–Crippen LogP) is 27.3. The van der Waals surface area contributed by atoms with E-state index in [0.29, 0.717) is 34.9 Å². The summed E-state index contributed by atoms with van der Waals surface area (Å²) in [6.07, 6.45) is 0. The van der Waals surface area contributed by atoms with Crippen LogP contribution in [0.2, 0.25) is 0 Å². The quantitative estimate of drug-likeness (QED) is 0.121. The minimum Gasteiger partial charge on any atom is -0.309 e. The molecule has 0 unspecified atom stereocenters. The molecule has 8 nitrogen and oxygen atoms in total. The first-order valence-corrected chi connectivity index (χ1v) is 39.2. The molecule has 0 amide bonds. The Bertz CT molecular complexity index is 7210. The van der Waals surface area contributed by atoms with Crippen LogP contribution in [0.25, 0.3) is 208 Å². The van der Waals surface area contributed by atoms with Crippen LogP contribution >= 0.6 is 22.7 Å². The fourth-order valence-corrected chi connectivity index (χ4v) is 18.6. The molecule has 0 fully saturated rings. The topological polar surface area (TPSA) is 87.2 Å². The summed E-state index contributed by atoms with van der Waals surface area (Å²) < 4.78 is 10.0. The average molecular weight is 1470 g/mol. The van der Waals surface area contributed by atoms with Crippen molar-refractivity contribution in [3.8, 4) is 124 Å². The van der Waals surface area contributed by atoms with Gasteiger partial charge in [0.2, 0.25) is 0 Å². The van der Waals surface area contributed by atoms with Crippen molar-refractivity contribution < 1.29 is 0 Å². The van der Waals surface area contributed by atoms with Crippen LogP contribution in [0, 0.1) is 0 Å². The van der Waals surface area contributed by atoms with Crippen molar-refractivity contribution in [1.29, 1.82) is 0 Å². The highest BCUT2D eigenvalue weighted by molar-refractivity contribution is 7.27. The monoisotopic (exact) mass is 1460 g/mol. The predicted molar refractivity (Wildman–Crippen MR) is 468 cm³/mol. The van der Waals surface area contributed by atoms with Crippen molar-refractivity contribution in [2.75, 3.05) is 0 Å². The Balaban J connectivity index is 0.000000141. The summed E-state index contributed by atoms with van der Waals surface area (Å²) in [5.41, 5.74) is 22.3. The molecule has 0 saturated carbocycles. The van der Waals surface area contributed by atoms with E-state index in [-0.39, 0.29) is 0 Å². The molecule has 0 aliphatic rings. The average Bonchev–Trinajstić information content (AvgIpc) is 1.59. The second-order valence-corrected chi connectivity index (χ2v) is 30.1. The zero-order chi connectivity index (χ0) is 74.0. The Morgan fingerprint density at radius 2 is 0.446 bits per heavy atom. The summed E-state index contributed by atoms with van der Waals surface area (Å²) in [6, 6.07) is 137. The van der Waals surface area contributed by atoms with E-state index < -0.39 is 0 Å². The van der Waals surface area contributed by atoms with E-state index in [1.54, 1.807) is 0 Å². The third kappa shape index (κ3) is 11.9. The summed E-state index contributed by atoms with van der Waals surface area (Å²) in [4.78, 5) is 29.6. The molecule has 0 N–H and O–H groups in total. The van der Waals surface area contributed by atoms with E-state index in [0.717, 1.165) is 66.8 Å². The van der Waals surface area contributed by atoms with Gasteiger partial charge in [-0.1, -0.05) is 291 Å². The fourth-order valence-electron chi connectivity index (χ4n) is 16.0. The number of rotatable bonds is 12. The minimum absolute atomic E-state index is 0.638. The number of aromatic nitrogens is 8. The number of nitrogens with zero attached hydrogens (tertiary/aromatic N) is 8. The maximum atomic E-state index is 4.98. The molecular weight excluding hydrogens is 1400 g/mol. The Kier molecular flexibility index (Phi) is 16.4. The van der Waals surface area contributed by atoms with Gasteiger partial charge in [-0.15, -0.1) is 22.7 Å². The normalized spacial score (nSPS) is 11.6. The van der Waals surface area contributed by atoms with Crippen LogP contribution in [0.15, 0.2) is 388 Å². The summed E-state index contributed by atoms with van der Waals surface area (Å²) in [7, 11) is 0. The molecule has 0 radical (unpaired) electrons. The molecule has 6 aromatic heterocycles. The van der Waals surface area contributed by atoms with Crippen LogP contribution in [-0.4, -0.2) is 39.0 Å². The largest absolute Gasteiger partial charge is 0.309 e. The molecule has 0 aliphatic carbocycles. The van der Waals surface area contributed by atoms with Crippen molar-refractivity contribution in [3.05, 3.63) is 388 Å². The van der Waals surface area contributed by atoms with E-state index >= 15 is 0 Å². The Hall–Kier alpha value is -14.4. The molecule has 0 spiro atoms. The van der Waals surface area contributed by atoms with Gasteiger partial charge in [0, 0.05) is 107 Å². The molecule has 22 rings (SSSR count). The molecule has 0 bridgehead atoms. The molecule has 10 heteroatoms. The summed E-state index contributed by atoms with van der Waals surface area (Å²) in [5.74, 6) is 3.88. The van der Waals surface area contributed by atoms with Gasteiger partial charge in [-0.2, -0.15) is 0 Å². The first-order valence-electron chi connectivity index (χ1n) is 37.5. The first-order chi connectivity index (χ1) is 55.5. The lowest BCUT2D eigenvalue weighted by molar-refractivity contribution is 1.07. The van der Waals surface area contributed by atoms with Crippen LogP contribution < -0.4 is 0 Å². The lowest BCUT2D eigenvalue weighted by Gasteiger charge is -2.11. The molecule has 22 aromatic rings. The van der Waals surface area contributed by atoms with Crippen molar-refractivity contribution >= 4 is 107 Å². The van der Waals surface area contributed by atoms with Crippen molar-refractivity contribution in [2.24, 2.45) is 0 Å². The van der Waals surface area contributed by atoms with Crippen LogP contribution in [-0.2, 0) is 0 Å². The van der Waals surface area contributed by atoms with Crippen LogP contribution in [0.5, 0.6) is 0 Å². The van der Waals surface area contributed by atoms with E-state index in [1.807, 2.05) is 144 Å². The van der Waals surface area contributed by atoms with Gasteiger partial charge in [-0.05, 0) is 142 Å². The third-order valence-corrected chi connectivity index (χ3v) is 23.9. The van der Waals surface area contributed by atoms with Crippen LogP contribution in [0.1, 0.15) is 0 Å². The van der Waals surface area contributed by atoms with Gasteiger partial charge in [0.05, 0.1) is 22.1 Å². The number of fused-ring (bicyclic) bond motifs is 12. The van der Waals surface area contributed by atoms with E-state index in [9.17, 15) is 0 Å². The first kappa shape index (κ1) is 65.8. The lowest BCUT2D eigenvalue weighted by atomic mass is 9.99. The summed E-state index contributed by atoms with van der Waals surface area (Å²) >= 11 is 3.77. The molecule has 0 aliphatic heterocycles. The highest BCUT2D eigenvalue weighted by atomic mass is 32.1.